The molecule has 0 spiro atoms. The molecule has 1 aromatic carbocycles. The number of nitrogens with zero attached hydrogens (tertiary/aromatic N) is 1. The minimum absolute atomic E-state index is 0.273. The van der Waals surface area contributed by atoms with Crippen molar-refractivity contribution in [3.05, 3.63) is 35.8 Å². The van der Waals surface area contributed by atoms with Gasteiger partial charge in [0.15, 0.2) is 0 Å². The largest absolute Gasteiger partial charge is 0.322 e. The second-order valence-corrected chi connectivity index (χ2v) is 3.32. The lowest BCUT2D eigenvalue weighted by atomic mass is 10.1. The number of rotatable bonds is 2. The predicted molar refractivity (Wildman–Crippen MR) is 58.9 cm³/mol. The Balaban J connectivity index is 2.69. The van der Waals surface area contributed by atoms with Crippen LogP contribution in [0.5, 0.6) is 0 Å². The summed E-state index contributed by atoms with van der Waals surface area (Å²) < 4.78 is 13.0. The quantitative estimate of drug-likeness (QED) is 0.584. The lowest BCUT2D eigenvalue weighted by Gasteiger charge is -2.08. The van der Waals surface area contributed by atoms with Crippen molar-refractivity contribution in [2.75, 3.05) is 5.43 Å². The molecule has 2 rings (SSSR count). The number of benzene rings is 1. The fraction of sp³-hybridized carbons (Fsp3) is 0.182. The first-order valence-electron chi connectivity index (χ1n) is 4.80. The van der Waals surface area contributed by atoms with Gasteiger partial charge in [0, 0.05) is 11.5 Å². The number of hydrogen-bond donors (Lipinski definition) is 2. The molecule has 15 heavy (non-hydrogen) atoms. The van der Waals surface area contributed by atoms with E-state index in [0.717, 1.165) is 23.2 Å². The maximum absolute atomic E-state index is 13.0. The van der Waals surface area contributed by atoms with E-state index in [4.69, 9.17) is 5.84 Å². The number of hydrazine groups is 1. The summed E-state index contributed by atoms with van der Waals surface area (Å²) in [5.74, 6) is 5.11. The summed E-state index contributed by atoms with van der Waals surface area (Å²) in [7, 11) is 0. The Bertz CT molecular complexity index is 496. The standard InChI is InChI=1S/C11H12FN3/c1-2-9-11(15-13)5-7-3-4-8(12)6-10(7)14-9/h3-6,15H,2,13H2,1H3. The Morgan fingerprint density at radius 3 is 2.87 bits per heavy atom. The predicted octanol–water partition coefficient (Wildman–Crippen LogP) is 2.22. The van der Waals surface area contributed by atoms with E-state index < -0.39 is 0 Å². The summed E-state index contributed by atoms with van der Waals surface area (Å²) in [5, 5.41) is 0.876. The molecule has 2 aromatic rings. The van der Waals surface area contributed by atoms with Crippen LogP contribution in [-0.4, -0.2) is 4.98 Å². The summed E-state index contributed by atoms with van der Waals surface area (Å²) in [4.78, 5) is 4.34. The first kappa shape index (κ1) is 9.86. The number of nitrogens with one attached hydrogen (secondary N) is 1. The van der Waals surface area contributed by atoms with Crippen LogP contribution in [0.4, 0.5) is 10.1 Å². The van der Waals surface area contributed by atoms with Gasteiger partial charge in [0.05, 0.1) is 16.9 Å². The Labute approximate surface area is 87.1 Å². The summed E-state index contributed by atoms with van der Waals surface area (Å²) in [6.45, 7) is 1.98. The number of hydrogen-bond acceptors (Lipinski definition) is 3. The topological polar surface area (TPSA) is 50.9 Å². The molecular weight excluding hydrogens is 193 g/mol. The van der Waals surface area contributed by atoms with Gasteiger partial charge in [-0.25, -0.2) is 4.39 Å². The third kappa shape index (κ3) is 1.76. The van der Waals surface area contributed by atoms with Crippen LogP contribution in [0.1, 0.15) is 12.6 Å². The number of pyridine rings is 1. The minimum atomic E-state index is -0.273. The highest BCUT2D eigenvalue weighted by Crippen LogP contribution is 2.21. The molecule has 78 valence electrons. The summed E-state index contributed by atoms with van der Waals surface area (Å²) in [6.07, 6.45) is 0.756. The van der Waals surface area contributed by atoms with Crippen LogP contribution in [0.2, 0.25) is 0 Å². The lowest BCUT2D eigenvalue weighted by Crippen LogP contribution is -2.10. The molecule has 0 fully saturated rings. The highest BCUT2D eigenvalue weighted by atomic mass is 19.1. The molecular formula is C11H12FN3. The molecule has 0 aliphatic carbocycles. The van der Waals surface area contributed by atoms with Crippen LogP contribution in [0.3, 0.4) is 0 Å². The van der Waals surface area contributed by atoms with Crippen molar-refractivity contribution in [2.45, 2.75) is 13.3 Å². The highest BCUT2D eigenvalue weighted by Gasteiger charge is 2.04. The van der Waals surface area contributed by atoms with Gasteiger partial charge in [-0.05, 0) is 24.6 Å². The fourth-order valence-electron chi connectivity index (χ4n) is 1.57. The van der Waals surface area contributed by atoms with Crippen LogP contribution in [-0.2, 0) is 6.42 Å². The van der Waals surface area contributed by atoms with Gasteiger partial charge in [-0.1, -0.05) is 6.92 Å². The number of aryl methyl sites for hydroxylation is 1. The molecule has 0 aliphatic heterocycles. The second-order valence-electron chi connectivity index (χ2n) is 3.32. The van der Waals surface area contributed by atoms with Crippen LogP contribution in [0.25, 0.3) is 10.9 Å². The molecule has 0 saturated heterocycles. The maximum Gasteiger partial charge on any atom is 0.125 e. The van der Waals surface area contributed by atoms with E-state index in [-0.39, 0.29) is 5.82 Å². The Hall–Kier alpha value is -1.68. The molecule has 0 amide bonds. The van der Waals surface area contributed by atoms with E-state index in [1.165, 1.54) is 12.1 Å². The van der Waals surface area contributed by atoms with Gasteiger partial charge in [0.2, 0.25) is 0 Å². The van der Waals surface area contributed by atoms with Gasteiger partial charge in [-0.15, -0.1) is 0 Å². The zero-order valence-corrected chi connectivity index (χ0v) is 8.42. The Morgan fingerprint density at radius 1 is 1.40 bits per heavy atom. The third-order valence-corrected chi connectivity index (χ3v) is 2.35. The zero-order valence-electron chi connectivity index (χ0n) is 8.42. The molecule has 0 radical (unpaired) electrons. The maximum atomic E-state index is 13.0. The first-order valence-corrected chi connectivity index (χ1v) is 4.80. The molecule has 0 aliphatic rings. The van der Waals surface area contributed by atoms with Gasteiger partial charge in [-0.3, -0.25) is 10.8 Å². The number of nitrogens with two attached hydrogens (primary N) is 1. The normalized spacial score (nSPS) is 10.6. The van der Waals surface area contributed by atoms with Crippen LogP contribution < -0.4 is 11.3 Å². The summed E-state index contributed by atoms with van der Waals surface area (Å²) >= 11 is 0. The van der Waals surface area contributed by atoms with E-state index >= 15 is 0 Å². The SMILES string of the molecule is CCc1nc2cc(F)ccc2cc1NN. The molecule has 4 heteroatoms. The van der Waals surface area contributed by atoms with Crippen molar-refractivity contribution in [1.29, 1.82) is 0 Å². The zero-order chi connectivity index (χ0) is 10.8. The number of aromatic nitrogens is 1. The van der Waals surface area contributed by atoms with Crippen LogP contribution in [0, 0.1) is 5.82 Å². The summed E-state index contributed by atoms with van der Waals surface area (Å²) in [6, 6.07) is 6.41. The van der Waals surface area contributed by atoms with E-state index in [9.17, 15) is 4.39 Å². The average molecular weight is 205 g/mol. The Morgan fingerprint density at radius 2 is 2.20 bits per heavy atom. The number of halogens is 1. The van der Waals surface area contributed by atoms with E-state index in [0.29, 0.717) is 5.52 Å². The molecule has 0 saturated carbocycles. The number of fused-ring (bicyclic) bond motifs is 1. The number of nitrogen functional groups attached to an aromatic ring is 1. The molecule has 1 aromatic heterocycles. The molecule has 3 nitrogen and oxygen atoms in total. The third-order valence-electron chi connectivity index (χ3n) is 2.35. The first-order chi connectivity index (χ1) is 7.24. The number of anilines is 1. The molecule has 1 heterocycles. The van der Waals surface area contributed by atoms with Gasteiger partial charge < -0.3 is 5.43 Å². The Kier molecular flexibility index (Phi) is 2.51. The van der Waals surface area contributed by atoms with Crippen molar-refractivity contribution >= 4 is 16.6 Å². The fourth-order valence-corrected chi connectivity index (χ4v) is 1.57. The van der Waals surface area contributed by atoms with Crippen molar-refractivity contribution in [2.24, 2.45) is 5.84 Å². The minimum Gasteiger partial charge on any atom is -0.322 e. The van der Waals surface area contributed by atoms with Crippen molar-refractivity contribution < 1.29 is 4.39 Å². The monoisotopic (exact) mass is 205 g/mol. The van der Waals surface area contributed by atoms with Crippen molar-refractivity contribution in [1.82, 2.24) is 4.98 Å². The van der Waals surface area contributed by atoms with Gasteiger partial charge in [-0.2, -0.15) is 0 Å². The van der Waals surface area contributed by atoms with Crippen LogP contribution in [0.15, 0.2) is 24.3 Å². The molecule has 0 atom stereocenters. The van der Waals surface area contributed by atoms with E-state index in [2.05, 4.69) is 10.4 Å². The van der Waals surface area contributed by atoms with E-state index in [1.807, 2.05) is 13.0 Å². The lowest BCUT2D eigenvalue weighted by molar-refractivity contribution is 0.629. The van der Waals surface area contributed by atoms with Gasteiger partial charge in [0.25, 0.3) is 0 Å². The molecule has 3 N–H and O–H groups in total. The summed E-state index contributed by atoms with van der Waals surface area (Å²) in [5.41, 5.74) is 4.89. The van der Waals surface area contributed by atoms with Crippen molar-refractivity contribution in [3.63, 3.8) is 0 Å². The smallest absolute Gasteiger partial charge is 0.125 e. The molecule has 0 unspecified atom stereocenters. The molecule has 0 bridgehead atoms. The highest BCUT2D eigenvalue weighted by molar-refractivity contribution is 5.82. The second kappa shape index (κ2) is 3.82. The van der Waals surface area contributed by atoms with Gasteiger partial charge in [0.1, 0.15) is 5.82 Å². The van der Waals surface area contributed by atoms with Crippen molar-refractivity contribution in [3.8, 4) is 0 Å². The van der Waals surface area contributed by atoms with Gasteiger partial charge >= 0.3 is 0 Å². The average Bonchev–Trinajstić information content (AvgIpc) is 2.27. The van der Waals surface area contributed by atoms with E-state index in [1.54, 1.807) is 6.07 Å². The van der Waals surface area contributed by atoms with Crippen LogP contribution >= 0.6 is 0 Å².